The molecule has 0 amide bonds. The summed E-state index contributed by atoms with van der Waals surface area (Å²) in [5.41, 5.74) is 6.13. The maximum atomic E-state index is 3.07. The molecule has 0 saturated heterocycles. The van der Waals surface area contributed by atoms with Crippen molar-refractivity contribution in [3.05, 3.63) is 0 Å². The van der Waals surface area contributed by atoms with Crippen LogP contribution < -0.4 is 10.9 Å². The summed E-state index contributed by atoms with van der Waals surface area (Å²) in [5.74, 6) is 0.481. The molecule has 0 aromatic rings. The van der Waals surface area contributed by atoms with Crippen LogP contribution in [0.2, 0.25) is 0 Å². The molecule has 0 heterocycles. The molecule has 2 N–H and O–H groups in total. The number of rotatable bonds is 4. The third-order valence-electron chi connectivity index (χ3n) is 1.83. The fraction of sp³-hybridized carbons (Fsp3) is 1.00. The molecule has 0 saturated carbocycles. The molecule has 0 atom stereocenters. The van der Waals surface area contributed by atoms with Gasteiger partial charge in [0, 0.05) is 24.3 Å². The first-order chi connectivity index (χ1) is 4.63. The zero-order valence-corrected chi connectivity index (χ0v) is 9.47. The van der Waals surface area contributed by atoms with Crippen molar-refractivity contribution in [2.24, 2.45) is 0 Å². The fourth-order valence-electron chi connectivity index (χ4n) is 0.633. The molecule has 0 fully saturated rings. The second-order valence-corrected chi connectivity index (χ2v) is 3.33. The van der Waals surface area contributed by atoms with E-state index in [2.05, 4.69) is 20.9 Å². The summed E-state index contributed by atoms with van der Waals surface area (Å²) in [7, 11) is 9.02. The van der Waals surface area contributed by atoms with Crippen LogP contribution in [0, 0.1) is 0 Å². The van der Waals surface area contributed by atoms with Crippen molar-refractivity contribution >= 4 is 10.2 Å². The van der Waals surface area contributed by atoms with E-state index in [0.717, 1.165) is 10.2 Å². The van der Waals surface area contributed by atoms with Gasteiger partial charge in [0.15, 0.2) is 0 Å². The van der Waals surface area contributed by atoms with Gasteiger partial charge in [-0.2, -0.15) is 0 Å². The van der Waals surface area contributed by atoms with Crippen LogP contribution in [0.15, 0.2) is 0 Å². The first kappa shape index (κ1) is 10.1. The smallest absolute Gasteiger partial charge is 0.0678 e. The molecular formula is C5H18N4Si. The molecule has 0 aliphatic heterocycles. The van der Waals surface area contributed by atoms with Crippen molar-refractivity contribution in [3.8, 4) is 0 Å². The van der Waals surface area contributed by atoms with Crippen molar-refractivity contribution in [1.82, 2.24) is 20.9 Å². The van der Waals surface area contributed by atoms with Crippen LogP contribution in [0.4, 0.5) is 0 Å². The largest absolute Gasteiger partial charge is 0.257 e. The van der Waals surface area contributed by atoms with E-state index in [0.29, 0.717) is 5.79 Å². The van der Waals surface area contributed by atoms with E-state index in [1.807, 2.05) is 28.2 Å². The second-order valence-electron chi connectivity index (χ2n) is 2.30. The highest BCUT2D eigenvalue weighted by Gasteiger charge is 2.09. The Bertz CT molecular complexity index is 79.7. The van der Waals surface area contributed by atoms with E-state index in [-0.39, 0.29) is 0 Å². The molecule has 62 valence electrons. The molecule has 10 heavy (non-hydrogen) atoms. The highest BCUT2D eigenvalue weighted by atomic mass is 28.1. The van der Waals surface area contributed by atoms with Crippen molar-refractivity contribution in [2.75, 3.05) is 28.2 Å². The molecule has 0 bridgehead atoms. The van der Waals surface area contributed by atoms with E-state index < -0.39 is 0 Å². The summed E-state index contributed by atoms with van der Waals surface area (Å²) in [5, 5.41) is 4.14. The average Bonchev–Trinajstić information content (AvgIpc) is 2.00. The highest BCUT2D eigenvalue weighted by molar-refractivity contribution is 6.11. The topological polar surface area (TPSA) is 30.5 Å². The van der Waals surface area contributed by atoms with Gasteiger partial charge in [0.1, 0.15) is 0 Å². The predicted octanol–water partition coefficient (Wildman–Crippen LogP) is -2.23. The van der Waals surface area contributed by atoms with Gasteiger partial charge < -0.3 is 0 Å². The molecule has 0 aromatic heterocycles. The minimum absolute atomic E-state index is 0.481. The van der Waals surface area contributed by atoms with Crippen LogP contribution in [0.5, 0.6) is 0 Å². The summed E-state index contributed by atoms with van der Waals surface area (Å²) in [4.78, 5) is 0. The third-order valence-corrected chi connectivity index (χ3v) is 3.38. The molecule has 4 nitrogen and oxygen atoms in total. The molecule has 0 aliphatic rings. The lowest BCUT2D eigenvalue weighted by molar-refractivity contribution is 0.0784. The van der Waals surface area contributed by atoms with Crippen molar-refractivity contribution in [1.29, 1.82) is 0 Å². The SMILES string of the molecule is CNN(C)C([SiH3])N(C)NC. The van der Waals surface area contributed by atoms with Gasteiger partial charge in [-0.1, -0.05) is 0 Å². The lowest BCUT2D eigenvalue weighted by Gasteiger charge is -2.31. The van der Waals surface area contributed by atoms with Gasteiger partial charge in [-0.15, -0.1) is 0 Å². The monoisotopic (exact) mass is 162 g/mol. The fourth-order valence-corrected chi connectivity index (χ4v) is 1.15. The van der Waals surface area contributed by atoms with Gasteiger partial charge in [-0.05, 0) is 14.1 Å². The first-order valence-electron chi connectivity index (χ1n) is 3.44. The Morgan fingerprint density at radius 3 is 1.60 bits per heavy atom. The van der Waals surface area contributed by atoms with Crippen molar-refractivity contribution in [3.63, 3.8) is 0 Å². The van der Waals surface area contributed by atoms with Crippen LogP contribution in [0.3, 0.4) is 0 Å². The van der Waals surface area contributed by atoms with E-state index in [9.17, 15) is 0 Å². The minimum Gasteiger partial charge on any atom is -0.257 e. The van der Waals surface area contributed by atoms with Crippen LogP contribution in [0.25, 0.3) is 0 Å². The quantitative estimate of drug-likeness (QED) is 0.278. The summed E-state index contributed by atoms with van der Waals surface area (Å²) < 4.78 is 0. The molecule has 0 radical (unpaired) electrons. The van der Waals surface area contributed by atoms with Gasteiger partial charge in [0.2, 0.25) is 0 Å². The maximum absolute atomic E-state index is 3.07. The van der Waals surface area contributed by atoms with Crippen molar-refractivity contribution in [2.45, 2.75) is 5.79 Å². The van der Waals surface area contributed by atoms with E-state index in [4.69, 9.17) is 0 Å². The molecule has 0 aromatic carbocycles. The molecule has 5 heteroatoms. The lowest BCUT2D eigenvalue weighted by atomic mass is 10.9. The van der Waals surface area contributed by atoms with Gasteiger partial charge in [-0.3, -0.25) is 10.9 Å². The number of nitrogens with zero attached hydrogens (tertiary/aromatic N) is 2. The van der Waals surface area contributed by atoms with E-state index in [1.54, 1.807) is 0 Å². The lowest BCUT2D eigenvalue weighted by Crippen LogP contribution is -2.53. The Morgan fingerprint density at radius 1 is 1.10 bits per heavy atom. The van der Waals surface area contributed by atoms with Gasteiger partial charge in [0.05, 0.1) is 5.79 Å². The van der Waals surface area contributed by atoms with Crippen LogP contribution in [-0.4, -0.2) is 54.2 Å². The zero-order valence-electron chi connectivity index (χ0n) is 7.47. The summed E-state index contributed by atoms with van der Waals surface area (Å²) in [6, 6.07) is 0. The Kier molecular flexibility index (Phi) is 4.84. The Balaban J connectivity index is 3.69. The molecule has 0 rings (SSSR count). The molecule has 0 aliphatic carbocycles. The average molecular weight is 162 g/mol. The highest BCUT2D eigenvalue weighted by Crippen LogP contribution is 1.87. The van der Waals surface area contributed by atoms with E-state index in [1.165, 1.54) is 0 Å². The van der Waals surface area contributed by atoms with E-state index >= 15 is 0 Å². The maximum Gasteiger partial charge on any atom is 0.0678 e. The standard InChI is InChI=1S/C5H18N4Si/c1-6-8(3)5(10)9(4)7-2/h5-7H,1-4,10H3. The van der Waals surface area contributed by atoms with Crippen molar-refractivity contribution < 1.29 is 0 Å². The summed E-state index contributed by atoms with van der Waals surface area (Å²) in [6.07, 6.45) is 0. The Labute approximate surface area is 65.9 Å². The zero-order chi connectivity index (χ0) is 8.15. The number of hydrazine groups is 2. The number of nitrogens with one attached hydrogen (secondary N) is 2. The van der Waals surface area contributed by atoms with Gasteiger partial charge in [-0.25, -0.2) is 10.0 Å². The van der Waals surface area contributed by atoms with Crippen LogP contribution >= 0.6 is 0 Å². The van der Waals surface area contributed by atoms with Gasteiger partial charge >= 0.3 is 0 Å². The third kappa shape index (κ3) is 2.76. The second kappa shape index (κ2) is 4.81. The summed E-state index contributed by atoms with van der Waals surface area (Å²) in [6.45, 7) is 0. The Morgan fingerprint density at radius 2 is 1.40 bits per heavy atom. The van der Waals surface area contributed by atoms with Crippen LogP contribution in [0.1, 0.15) is 0 Å². The number of hydrogen-bond acceptors (Lipinski definition) is 4. The molecular weight excluding hydrogens is 144 g/mol. The summed E-state index contributed by atoms with van der Waals surface area (Å²) >= 11 is 0. The van der Waals surface area contributed by atoms with Crippen LogP contribution in [-0.2, 0) is 0 Å². The molecule has 0 spiro atoms. The first-order valence-corrected chi connectivity index (χ1v) is 4.59. The molecule has 0 unspecified atom stereocenters. The normalized spacial score (nSPS) is 12.3. The predicted molar refractivity (Wildman–Crippen MR) is 47.4 cm³/mol. The van der Waals surface area contributed by atoms with Gasteiger partial charge in [0.25, 0.3) is 0 Å². The minimum atomic E-state index is 0.481. The number of hydrogen-bond donors (Lipinski definition) is 2. The Hall–Kier alpha value is 0.0569.